The molecule has 0 saturated heterocycles. The zero-order valence-electron chi connectivity index (χ0n) is 15.7. The fourth-order valence-electron chi connectivity index (χ4n) is 2.73. The quantitative estimate of drug-likeness (QED) is 0.385. The fourth-order valence-corrected chi connectivity index (χ4v) is 2.73. The smallest absolute Gasteiger partial charge is 0.338 e. The second-order valence-corrected chi connectivity index (χ2v) is 6.24. The van der Waals surface area contributed by atoms with Crippen LogP contribution in [0.15, 0.2) is 60.7 Å². The second-order valence-electron chi connectivity index (χ2n) is 6.24. The number of benzene rings is 3. The van der Waals surface area contributed by atoms with Crippen LogP contribution in [0.25, 0.3) is 10.8 Å². The van der Waals surface area contributed by atoms with Gasteiger partial charge in [0.25, 0.3) is 11.6 Å². The molecule has 0 unspecified atom stereocenters. The largest absolute Gasteiger partial charge is 0.494 e. The number of nitro benzene ring substituents is 1. The summed E-state index contributed by atoms with van der Waals surface area (Å²) in [5.41, 5.74) is 0.392. The minimum atomic E-state index is -1.09. The van der Waals surface area contributed by atoms with Crippen molar-refractivity contribution in [2.45, 2.75) is 13.0 Å². The zero-order valence-corrected chi connectivity index (χ0v) is 15.7. The number of rotatable bonds is 6. The minimum absolute atomic E-state index is 0.126. The Labute approximate surface area is 166 Å². The minimum Gasteiger partial charge on any atom is -0.494 e. The third kappa shape index (κ3) is 4.49. The molecule has 8 nitrogen and oxygen atoms in total. The lowest BCUT2D eigenvalue weighted by molar-refractivity contribution is -0.384. The second kappa shape index (κ2) is 8.39. The van der Waals surface area contributed by atoms with Gasteiger partial charge in [-0.25, -0.2) is 4.79 Å². The van der Waals surface area contributed by atoms with E-state index in [0.29, 0.717) is 5.56 Å². The van der Waals surface area contributed by atoms with Crippen molar-refractivity contribution in [1.82, 2.24) is 0 Å². The molecule has 1 atom stereocenters. The molecule has 3 aromatic rings. The Morgan fingerprint density at radius 3 is 2.45 bits per heavy atom. The number of methoxy groups -OCH3 is 1. The van der Waals surface area contributed by atoms with Gasteiger partial charge in [0.15, 0.2) is 6.10 Å². The molecule has 3 rings (SSSR count). The lowest BCUT2D eigenvalue weighted by atomic mass is 10.1. The van der Waals surface area contributed by atoms with E-state index < -0.39 is 22.9 Å². The number of nitro groups is 1. The van der Waals surface area contributed by atoms with Crippen LogP contribution in [0.4, 0.5) is 11.4 Å². The lowest BCUT2D eigenvalue weighted by Crippen LogP contribution is -2.30. The summed E-state index contributed by atoms with van der Waals surface area (Å²) in [7, 11) is 1.33. The number of nitrogens with zero attached hydrogens (tertiary/aromatic N) is 1. The number of carbonyl (C=O) groups is 2. The first kappa shape index (κ1) is 19.8. The van der Waals surface area contributed by atoms with Crippen molar-refractivity contribution in [3.63, 3.8) is 0 Å². The van der Waals surface area contributed by atoms with Crippen molar-refractivity contribution in [3.8, 4) is 5.75 Å². The lowest BCUT2D eigenvalue weighted by Gasteiger charge is -2.15. The van der Waals surface area contributed by atoms with Crippen molar-refractivity contribution in [1.29, 1.82) is 0 Å². The first-order valence-electron chi connectivity index (χ1n) is 8.72. The van der Waals surface area contributed by atoms with Crippen LogP contribution in [0.3, 0.4) is 0 Å². The molecule has 3 aromatic carbocycles. The number of non-ortho nitro benzene ring substituents is 1. The van der Waals surface area contributed by atoms with Crippen molar-refractivity contribution >= 4 is 34.0 Å². The summed E-state index contributed by atoms with van der Waals surface area (Å²) in [6, 6.07) is 16.5. The van der Waals surface area contributed by atoms with E-state index in [4.69, 9.17) is 9.47 Å². The number of amides is 1. The molecule has 0 aromatic heterocycles. The third-order valence-corrected chi connectivity index (χ3v) is 4.29. The normalized spacial score (nSPS) is 11.5. The molecule has 148 valence electrons. The number of hydrogen-bond donors (Lipinski definition) is 1. The van der Waals surface area contributed by atoms with E-state index in [1.54, 1.807) is 18.2 Å². The predicted molar refractivity (Wildman–Crippen MR) is 107 cm³/mol. The number of fused-ring (bicyclic) bond motifs is 1. The molecule has 1 amide bonds. The molecule has 1 N–H and O–H groups in total. The van der Waals surface area contributed by atoms with Crippen LogP contribution in [-0.2, 0) is 9.53 Å². The van der Waals surface area contributed by atoms with Gasteiger partial charge in [0.05, 0.1) is 29.4 Å². The fraction of sp³-hybridized carbons (Fsp3) is 0.143. The topological polar surface area (TPSA) is 108 Å². The molecule has 29 heavy (non-hydrogen) atoms. The Kier molecular flexibility index (Phi) is 5.73. The SMILES string of the molecule is COc1cc([N+](=O)[O-])ccc1NC(=O)[C@@H](C)OC(=O)c1ccc2ccccc2c1. The van der Waals surface area contributed by atoms with E-state index in [0.717, 1.165) is 10.8 Å². The number of anilines is 1. The molecule has 0 aliphatic rings. The Morgan fingerprint density at radius 2 is 1.76 bits per heavy atom. The molecule has 0 heterocycles. The van der Waals surface area contributed by atoms with Gasteiger partial charge in [-0.1, -0.05) is 30.3 Å². The molecular weight excluding hydrogens is 376 g/mol. The average Bonchev–Trinajstić information content (AvgIpc) is 2.73. The Hall–Kier alpha value is -3.94. The van der Waals surface area contributed by atoms with E-state index in [-0.39, 0.29) is 17.1 Å². The Morgan fingerprint density at radius 1 is 1.03 bits per heavy atom. The van der Waals surface area contributed by atoms with E-state index in [1.807, 2.05) is 24.3 Å². The summed E-state index contributed by atoms with van der Waals surface area (Å²) in [4.78, 5) is 35.1. The van der Waals surface area contributed by atoms with Crippen LogP contribution in [0.5, 0.6) is 5.75 Å². The number of ether oxygens (including phenoxy) is 2. The number of nitrogens with one attached hydrogen (secondary N) is 1. The van der Waals surface area contributed by atoms with Gasteiger partial charge in [-0.2, -0.15) is 0 Å². The summed E-state index contributed by atoms with van der Waals surface area (Å²) in [5, 5.41) is 15.3. The molecule has 0 spiro atoms. The van der Waals surface area contributed by atoms with Crippen molar-refractivity contribution in [2.75, 3.05) is 12.4 Å². The van der Waals surface area contributed by atoms with Crippen LogP contribution >= 0.6 is 0 Å². The van der Waals surface area contributed by atoms with Crippen LogP contribution < -0.4 is 10.1 Å². The van der Waals surface area contributed by atoms with Crippen molar-refractivity contribution in [3.05, 3.63) is 76.3 Å². The van der Waals surface area contributed by atoms with E-state index in [9.17, 15) is 19.7 Å². The van der Waals surface area contributed by atoms with Gasteiger partial charge >= 0.3 is 5.97 Å². The summed E-state index contributed by atoms with van der Waals surface area (Å²) in [6.45, 7) is 1.44. The zero-order chi connectivity index (χ0) is 21.0. The Bertz CT molecular complexity index is 1100. The summed E-state index contributed by atoms with van der Waals surface area (Å²) in [6.07, 6.45) is -1.09. The van der Waals surface area contributed by atoms with E-state index in [1.165, 1.54) is 32.2 Å². The molecule has 0 saturated carbocycles. The molecule has 0 bridgehead atoms. The maximum atomic E-state index is 12.4. The van der Waals surface area contributed by atoms with Gasteiger partial charge < -0.3 is 14.8 Å². The molecular formula is C21H18N2O6. The van der Waals surface area contributed by atoms with Crippen LogP contribution in [-0.4, -0.2) is 30.0 Å². The maximum absolute atomic E-state index is 12.4. The highest BCUT2D eigenvalue weighted by Gasteiger charge is 2.21. The van der Waals surface area contributed by atoms with Crippen molar-refractivity contribution in [2.24, 2.45) is 0 Å². The van der Waals surface area contributed by atoms with Crippen molar-refractivity contribution < 1.29 is 24.0 Å². The summed E-state index contributed by atoms with van der Waals surface area (Å²) < 4.78 is 10.3. The van der Waals surface area contributed by atoms with Gasteiger partial charge in [-0.3, -0.25) is 14.9 Å². The number of esters is 1. The number of carbonyl (C=O) groups excluding carboxylic acids is 2. The molecule has 8 heteroatoms. The van der Waals surface area contributed by atoms with Gasteiger partial charge in [-0.05, 0) is 35.9 Å². The highest BCUT2D eigenvalue weighted by atomic mass is 16.6. The third-order valence-electron chi connectivity index (χ3n) is 4.29. The predicted octanol–water partition coefficient (Wildman–Crippen LogP) is 3.94. The van der Waals surface area contributed by atoms with Gasteiger partial charge in [0, 0.05) is 6.07 Å². The highest BCUT2D eigenvalue weighted by Crippen LogP contribution is 2.29. The van der Waals surface area contributed by atoms with Gasteiger partial charge in [-0.15, -0.1) is 0 Å². The standard InChI is InChI=1S/C21H18N2O6/c1-13(20(24)22-18-10-9-17(23(26)27)12-19(18)28-2)29-21(25)16-8-7-14-5-3-4-6-15(14)11-16/h3-13H,1-2H3,(H,22,24)/t13-/m1/s1. The monoisotopic (exact) mass is 394 g/mol. The average molecular weight is 394 g/mol. The molecule has 0 aliphatic carbocycles. The molecule has 0 radical (unpaired) electrons. The number of hydrogen-bond acceptors (Lipinski definition) is 6. The first-order chi connectivity index (χ1) is 13.9. The van der Waals surface area contributed by atoms with Gasteiger partial charge in [0.1, 0.15) is 5.75 Å². The molecule has 0 fully saturated rings. The Balaban J connectivity index is 1.69. The van der Waals surface area contributed by atoms with Crippen LogP contribution in [0.1, 0.15) is 17.3 Å². The van der Waals surface area contributed by atoms with E-state index >= 15 is 0 Å². The molecule has 0 aliphatic heterocycles. The summed E-state index contributed by atoms with van der Waals surface area (Å²) in [5.74, 6) is -1.10. The van der Waals surface area contributed by atoms with E-state index in [2.05, 4.69) is 5.32 Å². The summed E-state index contributed by atoms with van der Waals surface area (Å²) >= 11 is 0. The van der Waals surface area contributed by atoms with Crippen LogP contribution in [0.2, 0.25) is 0 Å². The first-order valence-corrected chi connectivity index (χ1v) is 8.72. The maximum Gasteiger partial charge on any atom is 0.338 e. The van der Waals surface area contributed by atoms with Gasteiger partial charge in [0.2, 0.25) is 0 Å². The highest BCUT2D eigenvalue weighted by molar-refractivity contribution is 5.99. The van der Waals surface area contributed by atoms with Crippen LogP contribution in [0, 0.1) is 10.1 Å².